The third-order valence-electron chi connectivity index (χ3n) is 1.53. The van der Waals surface area contributed by atoms with E-state index in [2.05, 4.69) is 4.99 Å². The number of carbonyl (C=O) groups is 1. The lowest BCUT2D eigenvalue weighted by molar-refractivity contribution is -0.117. The quantitative estimate of drug-likeness (QED) is 0.507. The molecular weight excluding hydrogens is 116 g/mol. The van der Waals surface area contributed by atoms with Gasteiger partial charge in [0.05, 0.1) is 0 Å². The zero-order valence-corrected chi connectivity index (χ0v) is 5.64. The summed E-state index contributed by atoms with van der Waals surface area (Å²) in [5, 5.41) is 0. The topological polar surface area (TPSA) is 55.5 Å². The fraction of sp³-hybridized carbons (Fsp3) is 0.667. The monoisotopic (exact) mass is 126 g/mol. The fourth-order valence-electron chi connectivity index (χ4n) is 0.794. The highest BCUT2D eigenvalue weighted by Gasteiger charge is 2.32. The Labute approximate surface area is 54.0 Å². The standard InChI is InChI=1S/C6H10N2O/c1-6(2)3-4(9)8-5(6)7/h3H2,1-2H3,(H2,7,8,9). The number of hydrogen-bond donors (Lipinski definition) is 1. The van der Waals surface area contributed by atoms with E-state index in [0.717, 1.165) is 0 Å². The maximum Gasteiger partial charge on any atom is 0.248 e. The Hall–Kier alpha value is -0.860. The van der Waals surface area contributed by atoms with Crippen molar-refractivity contribution >= 4 is 11.7 Å². The highest BCUT2D eigenvalue weighted by Crippen LogP contribution is 2.25. The predicted octanol–water partition coefficient (Wildman–Crippen LogP) is 0.300. The van der Waals surface area contributed by atoms with Gasteiger partial charge in [0.25, 0.3) is 0 Å². The number of amides is 1. The van der Waals surface area contributed by atoms with Gasteiger partial charge in [-0.3, -0.25) is 4.79 Å². The molecule has 1 amide bonds. The molecule has 0 spiro atoms. The van der Waals surface area contributed by atoms with Crippen LogP contribution in [0.3, 0.4) is 0 Å². The van der Waals surface area contributed by atoms with Gasteiger partial charge in [0, 0.05) is 11.8 Å². The normalized spacial score (nSPS) is 24.2. The van der Waals surface area contributed by atoms with E-state index in [0.29, 0.717) is 12.3 Å². The van der Waals surface area contributed by atoms with Crippen molar-refractivity contribution in [1.29, 1.82) is 0 Å². The molecule has 3 nitrogen and oxygen atoms in total. The van der Waals surface area contributed by atoms with Crippen LogP contribution in [0.25, 0.3) is 0 Å². The first-order chi connectivity index (χ1) is 4.02. The molecule has 1 rings (SSSR count). The van der Waals surface area contributed by atoms with Crippen LogP contribution in [0.1, 0.15) is 20.3 Å². The molecule has 1 aliphatic heterocycles. The minimum Gasteiger partial charge on any atom is -0.387 e. The molecular formula is C6H10N2O. The first-order valence-corrected chi connectivity index (χ1v) is 2.90. The first kappa shape index (κ1) is 6.26. The van der Waals surface area contributed by atoms with Crippen molar-refractivity contribution in [3.05, 3.63) is 0 Å². The molecule has 0 aromatic rings. The summed E-state index contributed by atoms with van der Waals surface area (Å²) in [5.41, 5.74) is 5.23. The molecule has 0 bridgehead atoms. The van der Waals surface area contributed by atoms with Crippen LogP contribution in [0, 0.1) is 5.41 Å². The van der Waals surface area contributed by atoms with Crippen molar-refractivity contribution < 1.29 is 4.79 Å². The molecule has 0 unspecified atom stereocenters. The summed E-state index contributed by atoms with van der Waals surface area (Å²) >= 11 is 0. The van der Waals surface area contributed by atoms with Crippen molar-refractivity contribution in [3.63, 3.8) is 0 Å². The van der Waals surface area contributed by atoms with E-state index >= 15 is 0 Å². The highest BCUT2D eigenvalue weighted by molar-refractivity contribution is 6.03. The predicted molar refractivity (Wildman–Crippen MR) is 35.0 cm³/mol. The molecule has 0 saturated heterocycles. The molecule has 0 radical (unpaired) electrons. The second-order valence-electron chi connectivity index (χ2n) is 2.95. The van der Waals surface area contributed by atoms with E-state index in [4.69, 9.17) is 5.73 Å². The summed E-state index contributed by atoms with van der Waals surface area (Å²) in [4.78, 5) is 14.2. The Morgan fingerprint density at radius 3 is 2.33 bits per heavy atom. The lowest BCUT2D eigenvalue weighted by Crippen LogP contribution is -2.27. The molecule has 0 fully saturated rings. The molecule has 50 valence electrons. The number of hydrogen-bond acceptors (Lipinski definition) is 2. The molecule has 0 aromatic carbocycles. The summed E-state index contributed by atoms with van der Waals surface area (Å²) in [6.45, 7) is 3.83. The van der Waals surface area contributed by atoms with Crippen molar-refractivity contribution in [2.75, 3.05) is 0 Å². The number of aliphatic imine (C=N–C) groups is 1. The van der Waals surface area contributed by atoms with Crippen molar-refractivity contribution in [3.8, 4) is 0 Å². The average molecular weight is 126 g/mol. The van der Waals surface area contributed by atoms with E-state index in [-0.39, 0.29) is 11.3 Å². The third kappa shape index (κ3) is 0.943. The van der Waals surface area contributed by atoms with Crippen LogP contribution in [-0.4, -0.2) is 11.7 Å². The van der Waals surface area contributed by atoms with E-state index in [9.17, 15) is 4.79 Å². The van der Waals surface area contributed by atoms with Gasteiger partial charge in [-0.2, -0.15) is 0 Å². The van der Waals surface area contributed by atoms with E-state index < -0.39 is 0 Å². The Bertz CT molecular complexity index is 181. The summed E-state index contributed by atoms with van der Waals surface area (Å²) in [6.07, 6.45) is 0.457. The van der Waals surface area contributed by atoms with Crippen LogP contribution in [0.5, 0.6) is 0 Å². The van der Waals surface area contributed by atoms with Gasteiger partial charge in [0.2, 0.25) is 5.91 Å². The van der Waals surface area contributed by atoms with Gasteiger partial charge in [0.15, 0.2) is 0 Å². The van der Waals surface area contributed by atoms with Crippen LogP contribution in [0.2, 0.25) is 0 Å². The van der Waals surface area contributed by atoms with Crippen LogP contribution < -0.4 is 5.73 Å². The lowest BCUT2D eigenvalue weighted by Gasteiger charge is -2.13. The third-order valence-corrected chi connectivity index (χ3v) is 1.53. The van der Waals surface area contributed by atoms with Gasteiger partial charge >= 0.3 is 0 Å². The summed E-state index contributed by atoms with van der Waals surface area (Å²) < 4.78 is 0. The van der Waals surface area contributed by atoms with Gasteiger partial charge in [-0.05, 0) is 0 Å². The van der Waals surface area contributed by atoms with Crippen molar-refractivity contribution in [2.24, 2.45) is 16.1 Å². The zero-order chi connectivity index (χ0) is 7.07. The molecule has 1 heterocycles. The lowest BCUT2D eigenvalue weighted by atomic mass is 9.91. The number of rotatable bonds is 0. The molecule has 0 aromatic heterocycles. The van der Waals surface area contributed by atoms with E-state index in [1.54, 1.807) is 0 Å². The molecule has 9 heavy (non-hydrogen) atoms. The number of amidine groups is 1. The smallest absolute Gasteiger partial charge is 0.248 e. The maximum absolute atomic E-state index is 10.6. The van der Waals surface area contributed by atoms with Gasteiger partial charge < -0.3 is 5.73 Å². The second-order valence-corrected chi connectivity index (χ2v) is 2.95. The van der Waals surface area contributed by atoms with Crippen molar-refractivity contribution in [1.82, 2.24) is 0 Å². The Morgan fingerprint density at radius 1 is 1.67 bits per heavy atom. The second kappa shape index (κ2) is 1.56. The Balaban J connectivity index is 2.89. The van der Waals surface area contributed by atoms with Crippen LogP contribution in [0.15, 0.2) is 4.99 Å². The zero-order valence-electron chi connectivity index (χ0n) is 5.64. The summed E-state index contributed by atoms with van der Waals surface area (Å²) in [7, 11) is 0. The van der Waals surface area contributed by atoms with Gasteiger partial charge in [-0.1, -0.05) is 13.8 Å². The molecule has 3 heteroatoms. The van der Waals surface area contributed by atoms with Gasteiger partial charge in [-0.15, -0.1) is 0 Å². The first-order valence-electron chi connectivity index (χ1n) is 2.90. The van der Waals surface area contributed by atoms with Crippen LogP contribution in [-0.2, 0) is 4.79 Å². The van der Waals surface area contributed by atoms with Crippen molar-refractivity contribution in [2.45, 2.75) is 20.3 Å². The van der Waals surface area contributed by atoms with Gasteiger partial charge in [-0.25, -0.2) is 4.99 Å². The molecule has 2 N–H and O–H groups in total. The summed E-state index contributed by atoms with van der Waals surface area (Å²) in [6, 6.07) is 0. The van der Waals surface area contributed by atoms with Gasteiger partial charge in [0.1, 0.15) is 5.84 Å². The number of carbonyl (C=O) groups excluding carboxylic acids is 1. The minimum absolute atomic E-state index is 0.0995. The molecule has 0 aliphatic carbocycles. The summed E-state index contributed by atoms with van der Waals surface area (Å²) in [5.74, 6) is 0.366. The van der Waals surface area contributed by atoms with Crippen LogP contribution in [0.4, 0.5) is 0 Å². The maximum atomic E-state index is 10.6. The molecule has 0 saturated carbocycles. The van der Waals surface area contributed by atoms with E-state index in [1.807, 2.05) is 13.8 Å². The SMILES string of the molecule is CC1(C)CC(=O)N=C1N. The number of nitrogens with zero attached hydrogens (tertiary/aromatic N) is 1. The molecule has 1 aliphatic rings. The molecule has 0 atom stereocenters. The van der Waals surface area contributed by atoms with Crippen LogP contribution >= 0.6 is 0 Å². The minimum atomic E-state index is -0.197. The average Bonchev–Trinajstić information content (AvgIpc) is 1.79. The Morgan fingerprint density at radius 2 is 2.22 bits per heavy atom. The largest absolute Gasteiger partial charge is 0.387 e. The Kier molecular flexibility index (Phi) is 1.08. The highest BCUT2D eigenvalue weighted by atomic mass is 16.1. The number of nitrogens with two attached hydrogens (primary N) is 1. The fourth-order valence-corrected chi connectivity index (χ4v) is 0.794. The van der Waals surface area contributed by atoms with E-state index in [1.165, 1.54) is 0 Å².